The van der Waals surface area contributed by atoms with Gasteiger partial charge in [-0.15, -0.1) is 0 Å². The molecule has 0 atom stereocenters. The highest BCUT2D eigenvalue weighted by atomic mass is 16.5. The van der Waals surface area contributed by atoms with Crippen LogP contribution in [0, 0.1) is 0 Å². The van der Waals surface area contributed by atoms with Gasteiger partial charge in [-0.3, -0.25) is 0 Å². The average Bonchev–Trinajstić information content (AvgIpc) is 3.42. The predicted octanol–water partition coefficient (Wildman–Crippen LogP) is 4.51. The van der Waals surface area contributed by atoms with E-state index in [4.69, 9.17) is 4.74 Å². The van der Waals surface area contributed by atoms with Gasteiger partial charge in [-0.05, 0) is 75.4 Å². The SMILES string of the molecule is CC(C)N1CCC(c2ccc(-c3cc4c(N5CCN(C(=O)N6CCCOC6)CC5)ccnn4c3)cc2)CC1. The Morgan fingerprint density at radius 3 is 2.37 bits per heavy atom. The second-order valence-corrected chi connectivity index (χ2v) is 11.2. The standard InChI is InChI=1S/C30H40N6O2/c1-23(2)32-13-9-26(10-14-32)24-4-6-25(7-5-24)27-20-29-28(8-11-31-36(29)21-27)33-15-17-34(18-16-33)30(37)35-12-3-19-38-22-35/h4-8,11,20-21,23,26H,3,9-10,12-19,22H2,1-2H3. The van der Waals surface area contributed by atoms with Crippen LogP contribution in [0.2, 0.25) is 0 Å². The van der Waals surface area contributed by atoms with E-state index in [1.54, 1.807) is 0 Å². The molecule has 3 saturated heterocycles. The zero-order chi connectivity index (χ0) is 26.1. The molecule has 1 aromatic carbocycles. The molecule has 202 valence electrons. The first kappa shape index (κ1) is 25.2. The number of likely N-dealkylation sites (tertiary alicyclic amines) is 1. The molecule has 8 nitrogen and oxygen atoms in total. The van der Waals surface area contributed by atoms with Crippen LogP contribution in [0.4, 0.5) is 10.5 Å². The Kier molecular flexibility index (Phi) is 7.26. The molecule has 3 aromatic rings. The van der Waals surface area contributed by atoms with Crippen LogP contribution in [-0.4, -0.2) is 95.5 Å². The number of ether oxygens (including phenoxy) is 1. The zero-order valence-electron chi connectivity index (χ0n) is 22.8. The number of urea groups is 1. The molecule has 0 unspecified atom stereocenters. The van der Waals surface area contributed by atoms with Crippen molar-refractivity contribution in [3.63, 3.8) is 0 Å². The molecule has 0 spiro atoms. The minimum Gasteiger partial charge on any atom is -0.366 e. The van der Waals surface area contributed by atoms with Crippen molar-refractivity contribution in [3.05, 3.63) is 54.4 Å². The van der Waals surface area contributed by atoms with Gasteiger partial charge in [-0.25, -0.2) is 9.31 Å². The highest BCUT2D eigenvalue weighted by Crippen LogP contribution is 2.32. The van der Waals surface area contributed by atoms with Gasteiger partial charge in [-0.2, -0.15) is 5.10 Å². The lowest BCUT2D eigenvalue weighted by molar-refractivity contribution is -0.000536. The van der Waals surface area contributed by atoms with E-state index in [-0.39, 0.29) is 6.03 Å². The number of carbonyl (C=O) groups excluding carboxylic acids is 1. The summed E-state index contributed by atoms with van der Waals surface area (Å²) in [5.41, 5.74) is 6.15. The lowest BCUT2D eigenvalue weighted by atomic mass is 9.88. The molecule has 3 fully saturated rings. The number of fused-ring (bicyclic) bond motifs is 1. The molecule has 2 aromatic heterocycles. The molecule has 0 saturated carbocycles. The number of nitrogens with zero attached hydrogens (tertiary/aromatic N) is 6. The first-order valence-corrected chi connectivity index (χ1v) is 14.2. The highest BCUT2D eigenvalue weighted by Gasteiger charge is 2.27. The van der Waals surface area contributed by atoms with E-state index in [2.05, 4.69) is 71.3 Å². The van der Waals surface area contributed by atoms with Crippen molar-refractivity contribution in [2.45, 2.75) is 45.1 Å². The predicted molar refractivity (Wildman–Crippen MR) is 151 cm³/mol. The lowest BCUT2D eigenvalue weighted by Gasteiger charge is -2.39. The molecule has 8 heteroatoms. The molecule has 0 bridgehead atoms. The third-order valence-electron chi connectivity index (χ3n) is 8.59. The van der Waals surface area contributed by atoms with Crippen molar-refractivity contribution in [2.75, 3.05) is 64.1 Å². The number of anilines is 1. The van der Waals surface area contributed by atoms with Crippen LogP contribution in [0.25, 0.3) is 16.6 Å². The number of carbonyl (C=O) groups is 1. The maximum Gasteiger partial charge on any atom is 0.321 e. The Morgan fingerprint density at radius 1 is 0.921 bits per heavy atom. The smallest absolute Gasteiger partial charge is 0.321 e. The summed E-state index contributed by atoms with van der Waals surface area (Å²) in [6.45, 7) is 12.0. The fourth-order valence-electron chi connectivity index (χ4n) is 6.21. The maximum atomic E-state index is 12.9. The summed E-state index contributed by atoms with van der Waals surface area (Å²) in [7, 11) is 0. The van der Waals surface area contributed by atoms with Crippen LogP contribution in [0.1, 0.15) is 44.6 Å². The summed E-state index contributed by atoms with van der Waals surface area (Å²) in [4.78, 5) is 21.6. The normalized spacial score (nSPS) is 20.0. The van der Waals surface area contributed by atoms with Crippen LogP contribution in [0.3, 0.4) is 0 Å². The van der Waals surface area contributed by atoms with Crippen molar-refractivity contribution in [1.82, 2.24) is 24.3 Å². The number of piperazine rings is 1. The van der Waals surface area contributed by atoms with Gasteiger partial charge in [0.15, 0.2) is 0 Å². The minimum absolute atomic E-state index is 0.100. The maximum absolute atomic E-state index is 12.9. The van der Waals surface area contributed by atoms with E-state index < -0.39 is 0 Å². The molecule has 0 radical (unpaired) electrons. The van der Waals surface area contributed by atoms with Gasteiger partial charge in [-0.1, -0.05) is 24.3 Å². The van der Waals surface area contributed by atoms with Gasteiger partial charge >= 0.3 is 6.03 Å². The van der Waals surface area contributed by atoms with Crippen LogP contribution >= 0.6 is 0 Å². The van der Waals surface area contributed by atoms with Crippen molar-refractivity contribution in [2.24, 2.45) is 0 Å². The first-order valence-electron chi connectivity index (χ1n) is 14.2. The quantitative estimate of drug-likeness (QED) is 0.511. The number of rotatable bonds is 4. The number of piperidine rings is 1. The van der Waals surface area contributed by atoms with Gasteiger partial charge in [0.25, 0.3) is 0 Å². The first-order chi connectivity index (χ1) is 18.6. The van der Waals surface area contributed by atoms with E-state index in [1.165, 1.54) is 48.3 Å². The van der Waals surface area contributed by atoms with E-state index in [0.717, 1.165) is 51.3 Å². The summed E-state index contributed by atoms with van der Waals surface area (Å²) >= 11 is 0. The van der Waals surface area contributed by atoms with Crippen LogP contribution in [0.5, 0.6) is 0 Å². The highest BCUT2D eigenvalue weighted by molar-refractivity contribution is 5.80. The third-order valence-corrected chi connectivity index (χ3v) is 8.59. The van der Waals surface area contributed by atoms with Crippen LogP contribution in [0.15, 0.2) is 48.8 Å². The lowest BCUT2D eigenvalue weighted by Crippen LogP contribution is -2.54. The minimum atomic E-state index is 0.100. The number of aromatic nitrogens is 2. The molecule has 5 heterocycles. The number of hydrogen-bond donors (Lipinski definition) is 0. The number of hydrogen-bond acceptors (Lipinski definition) is 5. The second-order valence-electron chi connectivity index (χ2n) is 11.2. The van der Waals surface area contributed by atoms with E-state index in [1.807, 2.05) is 20.5 Å². The summed E-state index contributed by atoms with van der Waals surface area (Å²) in [6.07, 6.45) is 7.40. The van der Waals surface area contributed by atoms with Gasteiger partial charge in [0, 0.05) is 56.7 Å². The Morgan fingerprint density at radius 2 is 1.68 bits per heavy atom. The molecule has 0 N–H and O–H groups in total. The van der Waals surface area contributed by atoms with Crippen LogP contribution in [-0.2, 0) is 4.74 Å². The van der Waals surface area contributed by atoms with Gasteiger partial charge in [0.2, 0.25) is 0 Å². The number of amides is 2. The summed E-state index contributed by atoms with van der Waals surface area (Å²) in [5.74, 6) is 0.661. The van der Waals surface area contributed by atoms with Crippen molar-refractivity contribution < 1.29 is 9.53 Å². The Labute approximate surface area is 225 Å². The van der Waals surface area contributed by atoms with Crippen LogP contribution < -0.4 is 4.90 Å². The molecule has 3 aliphatic heterocycles. The van der Waals surface area contributed by atoms with E-state index >= 15 is 0 Å². The summed E-state index contributed by atoms with van der Waals surface area (Å²) < 4.78 is 7.47. The molecule has 38 heavy (non-hydrogen) atoms. The molecule has 3 aliphatic rings. The number of benzene rings is 1. The Hall–Kier alpha value is -3.10. The third kappa shape index (κ3) is 5.12. The Balaban J connectivity index is 1.13. The molecular formula is C30H40N6O2. The van der Waals surface area contributed by atoms with E-state index in [9.17, 15) is 4.79 Å². The largest absolute Gasteiger partial charge is 0.366 e. The summed E-state index contributed by atoms with van der Waals surface area (Å²) in [5, 5.41) is 4.60. The molecule has 0 aliphatic carbocycles. The monoisotopic (exact) mass is 516 g/mol. The topological polar surface area (TPSA) is 56.6 Å². The van der Waals surface area contributed by atoms with Gasteiger partial charge < -0.3 is 24.3 Å². The van der Waals surface area contributed by atoms with Crippen molar-refractivity contribution in [1.29, 1.82) is 0 Å². The van der Waals surface area contributed by atoms with E-state index in [0.29, 0.717) is 18.7 Å². The fraction of sp³-hybridized carbons (Fsp3) is 0.533. The van der Waals surface area contributed by atoms with Gasteiger partial charge in [0.05, 0.1) is 17.8 Å². The fourth-order valence-corrected chi connectivity index (χ4v) is 6.21. The van der Waals surface area contributed by atoms with Crippen molar-refractivity contribution in [3.8, 4) is 11.1 Å². The van der Waals surface area contributed by atoms with Gasteiger partial charge in [0.1, 0.15) is 6.73 Å². The average molecular weight is 517 g/mol. The van der Waals surface area contributed by atoms with Crippen molar-refractivity contribution >= 4 is 17.2 Å². The second kappa shape index (κ2) is 10.9. The molecular weight excluding hydrogens is 476 g/mol. The molecule has 6 rings (SSSR count). The zero-order valence-corrected chi connectivity index (χ0v) is 22.8. The Bertz CT molecular complexity index is 1230. The summed E-state index contributed by atoms with van der Waals surface area (Å²) in [6, 6.07) is 14.3. The molecule has 2 amide bonds.